The van der Waals surface area contributed by atoms with Crippen LogP contribution in [0.3, 0.4) is 0 Å². The van der Waals surface area contributed by atoms with Gasteiger partial charge in [-0.15, -0.1) is 0 Å². The Bertz CT molecular complexity index is 857. The Morgan fingerprint density at radius 1 is 1.29 bits per heavy atom. The summed E-state index contributed by atoms with van der Waals surface area (Å²) in [5.41, 5.74) is 1.27. The number of para-hydroxylation sites is 1. The molecule has 1 aliphatic rings. The molecule has 24 heavy (non-hydrogen) atoms. The average molecular weight is 348 g/mol. The van der Waals surface area contributed by atoms with Gasteiger partial charge in [-0.3, -0.25) is 0 Å². The van der Waals surface area contributed by atoms with Gasteiger partial charge in [0.05, 0.1) is 23.9 Å². The fourth-order valence-corrected chi connectivity index (χ4v) is 3.18. The van der Waals surface area contributed by atoms with Crippen LogP contribution in [-0.4, -0.2) is 45.3 Å². The maximum Gasteiger partial charge on any atom is 0.162 e. The second-order valence-electron chi connectivity index (χ2n) is 5.68. The van der Waals surface area contributed by atoms with E-state index in [1.165, 1.54) is 6.33 Å². The summed E-state index contributed by atoms with van der Waals surface area (Å²) in [6.45, 7) is 0.579. The lowest BCUT2D eigenvalue weighted by atomic mass is 10.2. The van der Waals surface area contributed by atoms with Crippen molar-refractivity contribution in [2.45, 2.75) is 18.6 Å². The minimum absolute atomic E-state index is 0.147. The van der Waals surface area contributed by atoms with Gasteiger partial charge in [-0.25, -0.2) is 19.3 Å². The number of anilines is 1. The first-order valence-electron chi connectivity index (χ1n) is 7.64. The van der Waals surface area contributed by atoms with Gasteiger partial charge in [-0.2, -0.15) is 0 Å². The molecular weight excluding hydrogens is 333 g/mol. The van der Waals surface area contributed by atoms with Crippen molar-refractivity contribution in [3.8, 4) is 5.75 Å². The standard InChI is InChI=1S/C16H15ClFN5O/c17-12-3-1-2-4-13(12)24-7-11-5-10(18)6-23(11)16-14-15(20-8-19-14)21-9-22-16/h1-4,8-11H,5-7H2,(H,19,20,21,22). The van der Waals surface area contributed by atoms with Crippen molar-refractivity contribution in [3.05, 3.63) is 41.9 Å². The molecule has 0 amide bonds. The number of halogens is 2. The van der Waals surface area contributed by atoms with Gasteiger partial charge in [0.1, 0.15) is 30.4 Å². The highest BCUT2D eigenvalue weighted by Gasteiger charge is 2.35. The largest absolute Gasteiger partial charge is 0.490 e. The fourth-order valence-electron chi connectivity index (χ4n) is 2.99. The number of H-pyrrole nitrogens is 1. The van der Waals surface area contributed by atoms with Crippen molar-refractivity contribution in [1.82, 2.24) is 19.9 Å². The topological polar surface area (TPSA) is 66.9 Å². The summed E-state index contributed by atoms with van der Waals surface area (Å²) >= 11 is 6.11. The van der Waals surface area contributed by atoms with Gasteiger partial charge in [0.2, 0.25) is 0 Å². The molecule has 6 nitrogen and oxygen atoms in total. The molecule has 0 spiro atoms. The summed E-state index contributed by atoms with van der Waals surface area (Å²) in [7, 11) is 0. The van der Waals surface area contributed by atoms with Crippen LogP contribution in [0.25, 0.3) is 11.2 Å². The quantitative estimate of drug-likeness (QED) is 0.785. The predicted octanol–water partition coefficient (Wildman–Crippen LogP) is 3.00. The van der Waals surface area contributed by atoms with Crippen LogP contribution in [-0.2, 0) is 0 Å². The second kappa shape index (κ2) is 6.24. The Kier molecular flexibility index (Phi) is 3.93. The van der Waals surface area contributed by atoms with Crippen molar-refractivity contribution >= 4 is 28.6 Å². The normalized spacial score (nSPS) is 20.7. The monoisotopic (exact) mass is 347 g/mol. The van der Waals surface area contributed by atoms with Crippen LogP contribution in [0, 0.1) is 0 Å². The average Bonchev–Trinajstić information content (AvgIpc) is 3.20. The molecule has 2 aromatic heterocycles. The van der Waals surface area contributed by atoms with Gasteiger partial charge in [-0.1, -0.05) is 23.7 Å². The zero-order valence-corrected chi connectivity index (χ0v) is 13.4. The third-order valence-electron chi connectivity index (χ3n) is 4.10. The van der Waals surface area contributed by atoms with Crippen molar-refractivity contribution in [2.75, 3.05) is 18.1 Å². The molecule has 3 aromatic rings. The van der Waals surface area contributed by atoms with Gasteiger partial charge >= 0.3 is 0 Å². The minimum atomic E-state index is -0.936. The van der Waals surface area contributed by atoms with Crippen LogP contribution in [0.2, 0.25) is 5.02 Å². The van der Waals surface area contributed by atoms with Gasteiger partial charge in [0.25, 0.3) is 0 Å². The lowest BCUT2D eigenvalue weighted by Crippen LogP contribution is -2.35. The molecule has 1 aliphatic heterocycles. The highest BCUT2D eigenvalue weighted by atomic mass is 35.5. The van der Waals surface area contributed by atoms with E-state index < -0.39 is 6.17 Å². The lowest BCUT2D eigenvalue weighted by Gasteiger charge is -2.25. The molecule has 1 N–H and O–H groups in total. The molecule has 124 valence electrons. The number of nitrogens with one attached hydrogen (secondary N) is 1. The van der Waals surface area contributed by atoms with E-state index in [1.807, 2.05) is 17.0 Å². The first-order valence-corrected chi connectivity index (χ1v) is 8.02. The molecule has 3 heterocycles. The Hall–Kier alpha value is -2.41. The second-order valence-corrected chi connectivity index (χ2v) is 6.08. The summed E-state index contributed by atoms with van der Waals surface area (Å²) in [5, 5.41) is 0.538. The zero-order valence-electron chi connectivity index (χ0n) is 12.7. The Morgan fingerprint density at radius 2 is 2.17 bits per heavy atom. The third-order valence-corrected chi connectivity index (χ3v) is 4.41. The molecule has 0 saturated carbocycles. The van der Waals surface area contributed by atoms with Crippen LogP contribution >= 0.6 is 11.6 Å². The van der Waals surface area contributed by atoms with Crippen LogP contribution in [0.1, 0.15) is 6.42 Å². The van der Waals surface area contributed by atoms with Crippen molar-refractivity contribution in [2.24, 2.45) is 0 Å². The van der Waals surface area contributed by atoms with E-state index in [1.54, 1.807) is 18.5 Å². The van der Waals surface area contributed by atoms with Crippen LogP contribution in [0.5, 0.6) is 5.75 Å². The number of ether oxygens (including phenoxy) is 1. The Morgan fingerprint density at radius 3 is 3.04 bits per heavy atom. The highest BCUT2D eigenvalue weighted by Crippen LogP contribution is 2.31. The number of hydrogen-bond donors (Lipinski definition) is 1. The van der Waals surface area contributed by atoms with Gasteiger partial charge < -0.3 is 14.6 Å². The van der Waals surface area contributed by atoms with Crippen molar-refractivity contribution in [3.63, 3.8) is 0 Å². The number of rotatable bonds is 4. The Balaban J connectivity index is 1.58. The van der Waals surface area contributed by atoms with E-state index in [0.717, 1.165) is 0 Å². The van der Waals surface area contributed by atoms with E-state index >= 15 is 0 Å². The third kappa shape index (κ3) is 2.75. The maximum atomic E-state index is 14.0. The Labute approximate surface area is 142 Å². The zero-order chi connectivity index (χ0) is 16.5. The minimum Gasteiger partial charge on any atom is -0.490 e. The SMILES string of the molecule is FC1CC(COc2ccccc2Cl)N(c2ncnc3[nH]cnc23)C1. The molecule has 2 unspecified atom stereocenters. The number of alkyl halides is 1. The number of aromatic nitrogens is 4. The van der Waals surface area contributed by atoms with Crippen molar-refractivity contribution in [1.29, 1.82) is 0 Å². The molecule has 1 saturated heterocycles. The van der Waals surface area contributed by atoms with Gasteiger partial charge in [0.15, 0.2) is 11.5 Å². The molecular formula is C16H15ClFN5O. The molecule has 0 radical (unpaired) electrons. The summed E-state index contributed by atoms with van der Waals surface area (Å²) in [6.07, 6.45) is 2.45. The first kappa shape index (κ1) is 15.1. The van der Waals surface area contributed by atoms with E-state index in [2.05, 4.69) is 19.9 Å². The number of fused-ring (bicyclic) bond motifs is 1. The molecule has 2 atom stereocenters. The smallest absolute Gasteiger partial charge is 0.162 e. The van der Waals surface area contributed by atoms with Gasteiger partial charge in [-0.05, 0) is 12.1 Å². The van der Waals surface area contributed by atoms with Crippen LogP contribution < -0.4 is 9.64 Å². The number of imidazole rings is 1. The van der Waals surface area contributed by atoms with Gasteiger partial charge in [0, 0.05) is 6.42 Å². The van der Waals surface area contributed by atoms with Crippen molar-refractivity contribution < 1.29 is 9.13 Å². The molecule has 4 rings (SSSR count). The van der Waals surface area contributed by atoms with Crippen LogP contribution in [0.4, 0.5) is 10.2 Å². The summed E-state index contributed by atoms with van der Waals surface area (Å²) in [5.74, 6) is 1.21. The first-order chi connectivity index (χ1) is 11.7. The molecule has 0 aliphatic carbocycles. The lowest BCUT2D eigenvalue weighted by molar-refractivity contribution is 0.275. The molecule has 8 heteroatoms. The fraction of sp³-hybridized carbons (Fsp3) is 0.312. The number of aromatic amines is 1. The molecule has 1 aromatic carbocycles. The maximum absolute atomic E-state index is 14.0. The van der Waals surface area contributed by atoms with E-state index in [0.29, 0.717) is 40.8 Å². The van der Waals surface area contributed by atoms with E-state index in [4.69, 9.17) is 16.3 Å². The highest BCUT2D eigenvalue weighted by molar-refractivity contribution is 6.32. The van der Waals surface area contributed by atoms with E-state index in [-0.39, 0.29) is 12.6 Å². The summed E-state index contributed by atoms with van der Waals surface area (Å²) in [6, 6.07) is 7.10. The number of benzene rings is 1. The molecule has 0 bridgehead atoms. The number of nitrogens with zero attached hydrogens (tertiary/aromatic N) is 4. The summed E-state index contributed by atoms with van der Waals surface area (Å²) in [4.78, 5) is 17.5. The predicted molar refractivity (Wildman–Crippen MR) is 89.3 cm³/mol. The van der Waals surface area contributed by atoms with Crippen LogP contribution in [0.15, 0.2) is 36.9 Å². The number of hydrogen-bond acceptors (Lipinski definition) is 5. The summed E-state index contributed by atoms with van der Waals surface area (Å²) < 4.78 is 19.8. The molecule has 1 fully saturated rings. The van der Waals surface area contributed by atoms with E-state index in [9.17, 15) is 4.39 Å².